The monoisotopic (exact) mass is 351 g/mol. The summed E-state index contributed by atoms with van der Waals surface area (Å²) in [5, 5.41) is 3.22. The lowest BCUT2D eigenvalue weighted by atomic mass is 9.90. The lowest BCUT2D eigenvalue weighted by Crippen LogP contribution is -2.35. The zero-order valence-electron chi connectivity index (χ0n) is 15.5. The number of nitrogens with one attached hydrogen (secondary N) is 1. The summed E-state index contributed by atoms with van der Waals surface area (Å²) in [5.74, 6) is 0.0871. The second-order valence-corrected chi connectivity index (χ2v) is 7.61. The first kappa shape index (κ1) is 18.6. The molecule has 0 saturated carbocycles. The van der Waals surface area contributed by atoms with E-state index in [9.17, 15) is 4.79 Å². The quantitative estimate of drug-likeness (QED) is 0.806. The minimum Gasteiger partial charge on any atom is -0.345 e. The van der Waals surface area contributed by atoms with Crippen molar-refractivity contribution in [2.75, 3.05) is 26.2 Å². The van der Waals surface area contributed by atoms with Gasteiger partial charge in [0.05, 0.1) is 6.04 Å². The molecule has 4 heteroatoms. The van der Waals surface area contributed by atoms with Gasteiger partial charge in [-0.15, -0.1) is 0 Å². The number of amides is 1. The fraction of sp³-hybridized carbons (Fsp3) is 0.409. The molecule has 1 heterocycles. The maximum absolute atomic E-state index is 12.6. The smallest absolute Gasteiger partial charge is 0.222 e. The molecule has 0 radical (unpaired) electrons. The summed E-state index contributed by atoms with van der Waals surface area (Å²) < 4.78 is 0. The zero-order valence-corrected chi connectivity index (χ0v) is 15.5. The SMILES string of the molecule is CC1(CN)CCN(CCC(=O)NC(c2ccccc2)c2ccccc2)C1. The van der Waals surface area contributed by atoms with E-state index >= 15 is 0 Å². The van der Waals surface area contributed by atoms with E-state index in [1.165, 1.54) is 0 Å². The Hall–Kier alpha value is -2.17. The van der Waals surface area contributed by atoms with Gasteiger partial charge in [0.1, 0.15) is 0 Å². The Morgan fingerprint density at radius 1 is 1.12 bits per heavy atom. The van der Waals surface area contributed by atoms with Gasteiger partial charge < -0.3 is 16.0 Å². The van der Waals surface area contributed by atoms with Crippen LogP contribution >= 0.6 is 0 Å². The Morgan fingerprint density at radius 3 is 2.19 bits per heavy atom. The minimum atomic E-state index is -0.113. The third kappa shape index (κ3) is 4.71. The van der Waals surface area contributed by atoms with Crippen molar-refractivity contribution < 1.29 is 4.79 Å². The van der Waals surface area contributed by atoms with Gasteiger partial charge in [-0.2, -0.15) is 0 Å². The number of carbonyl (C=O) groups is 1. The van der Waals surface area contributed by atoms with Crippen molar-refractivity contribution in [3.8, 4) is 0 Å². The van der Waals surface area contributed by atoms with Gasteiger partial charge in [0.2, 0.25) is 5.91 Å². The average Bonchev–Trinajstić information content (AvgIpc) is 3.08. The van der Waals surface area contributed by atoms with Crippen molar-refractivity contribution in [2.45, 2.75) is 25.8 Å². The summed E-state index contributed by atoms with van der Waals surface area (Å²) in [4.78, 5) is 15.0. The molecule has 1 amide bonds. The summed E-state index contributed by atoms with van der Waals surface area (Å²) >= 11 is 0. The fourth-order valence-corrected chi connectivity index (χ4v) is 3.63. The molecule has 1 fully saturated rings. The lowest BCUT2D eigenvalue weighted by molar-refractivity contribution is -0.121. The van der Waals surface area contributed by atoms with E-state index in [-0.39, 0.29) is 17.4 Å². The maximum Gasteiger partial charge on any atom is 0.222 e. The zero-order chi connectivity index (χ0) is 18.4. The highest BCUT2D eigenvalue weighted by Crippen LogP contribution is 2.28. The summed E-state index contributed by atoms with van der Waals surface area (Å²) in [6.45, 7) is 5.74. The highest BCUT2D eigenvalue weighted by atomic mass is 16.1. The van der Waals surface area contributed by atoms with Gasteiger partial charge in [-0.05, 0) is 36.1 Å². The molecule has 0 aliphatic carbocycles. The molecule has 2 aromatic rings. The summed E-state index contributed by atoms with van der Waals surface area (Å²) in [5.41, 5.74) is 8.28. The first-order valence-electron chi connectivity index (χ1n) is 9.41. The molecule has 1 aliphatic heterocycles. The molecule has 1 unspecified atom stereocenters. The van der Waals surface area contributed by atoms with Crippen molar-refractivity contribution in [3.05, 3.63) is 71.8 Å². The number of rotatable bonds is 7. The highest BCUT2D eigenvalue weighted by Gasteiger charge is 2.32. The third-order valence-electron chi connectivity index (χ3n) is 5.36. The van der Waals surface area contributed by atoms with Crippen LogP contribution in [-0.4, -0.2) is 37.0 Å². The molecule has 4 nitrogen and oxygen atoms in total. The Bertz CT molecular complexity index is 664. The van der Waals surface area contributed by atoms with Gasteiger partial charge in [0.15, 0.2) is 0 Å². The van der Waals surface area contributed by atoms with Crippen LogP contribution in [0.3, 0.4) is 0 Å². The van der Waals surface area contributed by atoms with E-state index in [1.54, 1.807) is 0 Å². The number of benzene rings is 2. The molecule has 1 saturated heterocycles. The molecule has 0 spiro atoms. The van der Waals surface area contributed by atoms with Gasteiger partial charge in [0, 0.05) is 19.5 Å². The first-order valence-corrected chi connectivity index (χ1v) is 9.41. The van der Waals surface area contributed by atoms with E-state index in [0.29, 0.717) is 13.0 Å². The summed E-state index contributed by atoms with van der Waals surface area (Å²) in [6.07, 6.45) is 1.62. The van der Waals surface area contributed by atoms with Crippen LogP contribution in [0.15, 0.2) is 60.7 Å². The van der Waals surface area contributed by atoms with E-state index < -0.39 is 0 Å². The molecule has 1 atom stereocenters. The Kier molecular flexibility index (Phi) is 6.07. The molecule has 3 rings (SSSR count). The van der Waals surface area contributed by atoms with Crippen LogP contribution in [-0.2, 0) is 4.79 Å². The van der Waals surface area contributed by atoms with Gasteiger partial charge in [0.25, 0.3) is 0 Å². The van der Waals surface area contributed by atoms with E-state index in [0.717, 1.165) is 37.2 Å². The predicted molar refractivity (Wildman–Crippen MR) is 106 cm³/mol. The molecule has 0 aromatic heterocycles. The highest BCUT2D eigenvalue weighted by molar-refractivity contribution is 5.77. The molecular formula is C22H29N3O. The largest absolute Gasteiger partial charge is 0.345 e. The third-order valence-corrected chi connectivity index (χ3v) is 5.36. The minimum absolute atomic E-state index is 0.0871. The standard InChI is InChI=1S/C22H29N3O/c1-22(16-23)13-15-25(17-22)14-12-20(26)24-21(18-8-4-2-5-9-18)19-10-6-3-7-11-19/h2-11,21H,12-17,23H2,1H3,(H,24,26). The van der Waals surface area contributed by atoms with Crippen molar-refractivity contribution >= 4 is 5.91 Å². The van der Waals surface area contributed by atoms with Crippen LogP contribution in [0.4, 0.5) is 0 Å². The van der Waals surface area contributed by atoms with Crippen molar-refractivity contribution in [3.63, 3.8) is 0 Å². The van der Waals surface area contributed by atoms with Gasteiger partial charge in [-0.3, -0.25) is 4.79 Å². The maximum atomic E-state index is 12.6. The molecule has 0 bridgehead atoms. The molecule has 2 aromatic carbocycles. The summed E-state index contributed by atoms with van der Waals surface area (Å²) in [7, 11) is 0. The normalized spacial score (nSPS) is 20.4. The van der Waals surface area contributed by atoms with Crippen LogP contribution in [0.25, 0.3) is 0 Å². The fourth-order valence-electron chi connectivity index (χ4n) is 3.63. The van der Waals surface area contributed by atoms with Gasteiger partial charge >= 0.3 is 0 Å². The van der Waals surface area contributed by atoms with Crippen LogP contribution in [0.1, 0.15) is 36.9 Å². The van der Waals surface area contributed by atoms with E-state index in [1.807, 2.05) is 36.4 Å². The van der Waals surface area contributed by atoms with Crippen LogP contribution in [0.5, 0.6) is 0 Å². The van der Waals surface area contributed by atoms with Gasteiger partial charge in [-0.1, -0.05) is 67.6 Å². The van der Waals surface area contributed by atoms with E-state index in [4.69, 9.17) is 5.73 Å². The average molecular weight is 351 g/mol. The second-order valence-electron chi connectivity index (χ2n) is 7.61. The predicted octanol–water partition coefficient (Wildman–Crippen LogP) is 2.95. The number of hydrogen-bond donors (Lipinski definition) is 2. The number of nitrogens with zero attached hydrogens (tertiary/aromatic N) is 1. The van der Waals surface area contributed by atoms with Crippen molar-refractivity contribution in [2.24, 2.45) is 11.1 Å². The van der Waals surface area contributed by atoms with Crippen LogP contribution in [0.2, 0.25) is 0 Å². The molecular weight excluding hydrogens is 322 g/mol. The first-order chi connectivity index (χ1) is 12.6. The van der Waals surface area contributed by atoms with Crippen LogP contribution < -0.4 is 11.1 Å². The molecule has 138 valence electrons. The van der Waals surface area contributed by atoms with Crippen molar-refractivity contribution in [1.29, 1.82) is 0 Å². The molecule has 26 heavy (non-hydrogen) atoms. The number of likely N-dealkylation sites (tertiary alicyclic amines) is 1. The Balaban J connectivity index is 1.61. The lowest BCUT2D eigenvalue weighted by Gasteiger charge is -2.23. The Morgan fingerprint density at radius 2 is 1.69 bits per heavy atom. The van der Waals surface area contributed by atoms with Gasteiger partial charge in [-0.25, -0.2) is 0 Å². The van der Waals surface area contributed by atoms with Crippen molar-refractivity contribution in [1.82, 2.24) is 10.2 Å². The second kappa shape index (κ2) is 8.47. The molecule has 3 N–H and O–H groups in total. The number of nitrogens with two attached hydrogens (primary N) is 1. The Labute approximate surface area is 156 Å². The summed E-state index contributed by atoms with van der Waals surface area (Å²) in [6, 6.07) is 20.2. The number of carbonyl (C=O) groups excluding carboxylic acids is 1. The van der Waals surface area contributed by atoms with Crippen LogP contribution in [0, 0.1) is 5.41 Å². The molecule has 1 aliphatic rings. The topological polar surface area (TPSA) is 58.4 Å². The van der Waals surface area contributed by atoms with E-state index in [2.05, 4.69) is 41.4 Å². The number of hydrogen-bond acceptors (Lipinski definition) is 3.